The number of benzene rings is 1. The molecule has 3 saturated heterocycles. The number of amides is 1. The fourth-order valence-corrected chi connectivity index (χ4v) is 4.06. The molecule has 0 aliphatic carbocycles. The standard InChI is InChI=1S/C19H26N4O2/c1-20-19(22-16-11-15-8-9-17(16)25-15)21-12-13-4-6-14(7-5-13)23-10-2-3-18(23)24/h4-7,15-17H,2-3,8-12H2,1H3,(H2,20,21,22). The van der Waals surface area contributed by atoms with E-state index in [2.05, 4.69) is 27.8 Å². The lowest BCUT2D eigenvalue weighted by atomic mass is 9.96. The summed E-state index contributed by atoms with van der Waals surface area (Å²) in [7, 11) is 1.80. The van der Waals surface area contributed by atoms with Gasteiger partial charge in [0.05, 0.1) is 18.2 Å². The van der Waals surface area contributed by atoms with Crippen molar-refractivity contribution in [1.29, 1.82) is 0 Å². The minimum atomic E-state index is 0.226. The van der Waals surface area contributed by atoms with Gasteiger partial charge in [0.1, 0.15) is 0 Å². The SMILES string of the molecule is CN=C(NCc1ccc(N2CCCC2=O)cc1)NC1CC2CCC1O2. The van der Waals surface area contributed by atoms with Crippen LogP contribution in [0.3, 0.4) is 0 Å². The molecular weight excluding hydrogens is 316 g/mol. The van der Waals surface area contributed by atoms with Crippen LogP contribution >= 0.6 is 0 Å². The Hall–Kier alpha value is -2.08. The number of hydrogen-bond acceptors (Lipinski definition) is 3. The van der Waals surface area contributed by atoms with Gasteiger partial charge in [-0.1, -0.05) is 12.1 Å². The molecule has 0 radical (unpaired) electrons. The third-order valence-electron chi connectivity index (χ3n) is 5.43. The molecule has 2 N–H and O–H groups in total. The van der Waals surface area contributed by atoms with Crippen molar-refractivity contribution in [2.24, 2.45) is 4.99 Å². The lowest BCUT2D eigenvalue weighted by Crippen LogP contribution is -2.47. The zero-order valence-electron chi connectivity index (χ0n) is 14.7. The molecule has 3 aliphatic heterocycles. The molecule has 0 spiro atoms. The molecule has 3 fully saturated rings. The largest absolute Gasteiger partial charge is 0.373 e. The van der Waals surface area contributed by atoms with Crippen molar-refractivity contribution in [2.45, 2.75) is 56.9 Å². The summed E-state index contributed by atoms with van der Waals surface area (Å²) < 4.78 is 5.89. The summed E-state index contributed by atoms with van der Waals surface area (Å²) in [4.78, 5) is 18.0. The molecule has 0 aromatic heterocycles. The molecule has 1 aromatic carbocycles. The zero-order chi connectivity index (χ0) is 17.2. The van der Waals surface area contributed by atoms with Gasteiger partial charge in [-0.05, 0) is 43.4 Å². The number of fused-ring (bicyclic) bond motifs is 2. The predicted molar refractivity (Wildman–Crippen MR) is 97.7 cm³/mol. The van der Waals surface area contributed by atoms with Gasteiger partial charge in [-0.25, -0.2) is 0 Å². The van der Waals surface area contributed by atoms with Crippen LogP contribution in [-0.4, -0.2) is 43.7 Å². The van der Waals surface area contributed by atoms with E-state index in [-0.39, 0.29) is 5.91 Å². The van der Waals surface area contributed by atoms with Crippen molar-refractivity contribution in [3.05, 3.63) is 29.8 Å². The van der Waals surface area contributed by atoms with Gasteiger partial charge in [0.15, 0.2) is 5.96 Å². The van der Waals surface area contributed by atoms with Gasteiger partial charge in [0.25, 0.3) is 0 Å². The third-order valence-corrected chi connectivity index (χ3v) is 5.43. The highest BCUT2D eigenvalue weighted by Gasteiger charge is 2.41. The monoisotopic (exact) mass is 342 g/mol. The van der Waals surface area contributed by atoms with Crippen molar-refractivity contribution in [1.82, 2.24) is 10.6 Å². The van der Waals surface area contributed by atoms with Crippen LogP contribution in [0.4, 0.5) is 5.69 Å². The normalized spacial score (nSPS) is 28.7. The molecule has 134 valence electrons. The lowest BCUT2D eigenvalue weighted by molar-refractivity contribution is -0.117. The fourth-order valence-electron chi connectivity index (χ4n) is 4.06. The number of carbonyl (C=O) groups excluding carboxylic acids is 1. The Balaban J connectivity index is 1.30. The summed E-state index contributed by atoms with van der Waals surface area (Å²) in [6, 6.07) is 8.57. The second kappa shape index (κ2) is 7.04. The topological polar surface area (TPSA) is 66.0 Å². The number of nitrogens with zero attached hydrogens (tertiary/aromatic N) is 2. The number of carbonyl (C=O) groups is 1. The maximum absolute atomic E-state index is 11.8. The Labute approximate surface area is 148 Å². The molecule has 6 nitrogen and oxygen atoms in total. The van der Waals surface area contributed by atoms with Gasteiger partial charge in [0, 0.05) is 32.2 Å². The number of nitrogens with one attached hydrogen (secondary N) is 2. The number of rotatable bonds is 4. The van der Waals surface area contributed by atoms with Gasteiger partial charge in [-0.2, -0.15) is 0 Å². The molecule has 6 heteroatoms. The third kappa shape index (κ3) is 3.49. The highest BCUT2D eigenvalue weighted by molar-refractivity contribution is 5.95. The summed E-state index contributed by atoms with van der Waals surface area (Å²) in [6.07, 6.45) is 5.80. The average Bonchev–Trinajstić information content (AvgIpc) is 3.36. The van der Waals surface area contributed by atoms with E-state index in [9.17, 15) is 4.79 Å². The lowest BCUT2D eigenvalue weighted by Gasteiger charge is -2.22. The van der Waals surface area contributed by atoms with Gasteiger partial charge in [-0.15, -0.1) is 0 Å². The van der Waals surface area contributed by atoms with Crippen molar-refractivity contribution in [2.75, 3.05) is 18.5 Å². The van der Waals surface area contributed by atoms with Crippen LogP contribution in [0.25, 0.3) is 0 Å². The smallest absolute Gasteiger partial charge is 0.227 e. The first kappa shape index (κ1) is 16.4. The molecule has 3 unspecified atom stereocenters. The van der Waals surface area contributed by atoms with E-state index in [1.54, 1.807) is 7.05 Å². The minimum absolute atomic E-state index is 0.226. The number of ether oxygens (including phenoxy) is 1. The molecule has 3 aliphatic rings. The second-order valence-electron chi connectivity index (χ2n) is 7.10. The fraction of sp³-hybridized carbons (Fsp3) is 0.579. The Morgan fingerprint density at radius 1 is 1.32 bits per heavy atom. The Morgan fingerprint density at radius 3 is 2.76 bits per heavy atom. The Morgan fingerprint density at radius 2 is 2.16 bits per heavy atom. The van der Waals surface area contributed by atoms with Gasteiger partial charge in [-0.3, -0.25) is 9.79 Å². The highest BCUT2D eigenvalue weighted by atomic mass is 16.5. The van der Waals surface area contributed by atoms with E-state index in [0.717, 1.165) is 37.5 Å². The number of hydrogen-bond donors (Lipinski definition) is 2. The van der Waals surface area contributed by atoms with Crippen LogP contribution < -0.4 is 15.5 Å². The molecular formula is C19H26N4O2. The highest BCUT2D eigenvalue weighted by Crippen LogP contribution is 2.34. The van der Waals surface area contributed by atoms with Gasteiger partial charge < -0.3 is 20.3 Å². The van der Waals surface area contributed by atoms with Crippen molar-refractivity contribution >= 4 is 17.6 Å². The second-order valence-corrected chi connectivity index (χ2v) is 7.10. The molecule has 25 heavy (non-hydrogen) atoms. The summed E-state index contributed by atoms with van der Waals surface area (Å²) >= 11 is 0. The molecule has 2 bridgehead atoms. The molecule has 3 heterocycles. The van der Waals surface area contributed by atoms with Crippen molar-refractivity contribution in [3.8, 4) is 0 Å². The predicted octanol–water partition coefficient (Wildman–Crippen LogP) is 1.80. The first-order valence-corrected chi connectivity index (χ1v) is 9.25. The Bertz CT molecular complexity index is 658. The molecule has 4 rings (SSSR count). The zero-order valence-corrected chi connectivity index (χ0v) is 14.7. The van der Waals surface area contributed by atoms with Crippen molar-refractivity contribution < 1.29 is 9.53 Å². The molecule has 3 atom stereocenters. The van der Waals surface area contributed by atoms with Crippen LogP contribution in [0, 0.1) is 0 Å². The molecule has 1 aromatic rings. The van der Waals surface area contributed by atoms with Crippen molar-refractivity contribution in [3.63, 3.8) is 0 Å². The minimum Gasteiger partial charge on any atom is -0.373 e. The van der Waals surface area contributed by atoms with E-state index in [1.807, 2.05) is 17.0 Å². The van der Waals surface area contributed by atoms with Crippen LogP contribution in [-0.2, 0) is 16.1 Å². The van der Waals surface area contributed by atoms with E-state index in [4.69, 9.17) is 4.74 Å². The molecule has 0 saturated carbocycles. The number of aliphatic imine (C=N–C) groups is 1. The van der Waals surface area contributed by atoms with Gasteiger partial charge >= 0.3 is 0 Å². The quantitative estimate of drug-likeness (QED) is 0.647. The van der Waals surface area contributed by atoms with E-state index in [1.165, 1.54) is 12.0 Å². The summed E-state index contributed by atoms with van der Waals surface area (Å²) in [5, 5.41) is 6.86. The summed E-state index contributed by atoms with van der Waals surface area (Å²) in [5.74, 6) is 1.04. The maximum Gasteiger partial charge on any atom is 0.227 e. The summed E-state index contributed by atoms with van der Waals surface area (Å²) in [6.45, 7) is 1.54. The first-order chi connectivity index (χ1) is 12.2. The van der Waals surface area contributed by atoms with E-state index in [0.29, 0.717) is 31.2 Å². The van der Waals surface area contributed by atoms with Gasteiger partial charge in [0.2, 0.25) is 5.91 Å². The maximum atomic E-state index is 11.8. The summed E-state index contributed by atoms with van der Waals surface area (Å²) in [5.41, 5.74) is 2.16. The average molecular weight is 342 g/mol. The van der Waals surface area contributed by atoms with E-state index < -0.39 is 0 Å². The number of anilines is 1. The number of guanidine groups is 1. The van der Waals surface area contributed by atoms with Crippen LogP contribution in [0.1, 0.15) is 37.7 Å². The van der Waals surface area contributed by atoms with Crippen LogP contribution in [0.15, 0.2) is 29.3 Å². The van der Waals surface area contributed by atoms with E-state index >= 15 is 0 Å². The molecule has 1 amide bonds. The first-order valence-electron chi connectivity index (χ1n) is 9.25. The van der Waals surface area contributed by atoms with Crippen LogP contribution in [0.5, 0.6) is 0 Å². The van der Waals surface area contributed by atoms with Crippen LogP contribution in [0.2, 0.25) is 0 Å². The Kier molecular flexibility index (Phi) is 4.61.